The fourth-order valence-corrected chi connectivity index (χ4v) is 2.46. The molecule has 1 aromatic carbocycles. The number of nitrogens with one attached hydrogen (secondary N) is 2. The highest BCUT2D eigenvalue weighted by Gasteiger charge is 2.12. The predicted octanol–water partition coefficient (Wildman–Crippen LogP) is 3.32. The van der Waals surface area contributed by atoms with Crippen molar-refractivity contribution in [3.05, 3.63) is 56.5 Å². The Kier molecular flexibility index (Phi) is 5.67. The molecule has 0 atom stereocenters. The molecular weight excluding hydrogens is 328 g/mol. The number of carbonyl (C=O) groups is 1. The third-order valence-electron chi connectivity index (χ3n) is 3.44. The van der Waals surface area contributed by atoms with Crippen LogP contribution in [0, 0.1) is 25.7 Å². The van der Waals surface area contributed by atoms with Crippen LogP contribution >= 0.6 is 11.6 Å². The number of aromatic amines is 1. The van der Waals surface area contributed by atoms with E-state index in [0.29, 0.717) is 17.7 Å². The van der Waals surface area contributed by atoms with Gasteiger partial charge in [0.25, 0.3) is 0 Å². The highest BCUT2D eigenvalue weighted by atomic mass is 35.5. The van der Waals surface area contributed by atoms with E-state index in [1.165, 1.54) is 0 Å². The molecule has 124 valence electrons. The van der Waals surface area contributed by atoms with Gasteiger partial charge in [0.1, 0.15) is 5.02 Å². The summed E-state index contributed by atoms with van der Waals surface area (Å²) in [5.74, 6) is 5.84. The fourth-order valence-electron chi connectivity index (χ4n) is 2.31. The van der Waals surface area contributed by atoms with E-state index in [1.54, 1.807) is 6.92 Å². The number of aromatic nitrogens is 1. The number of benzene rings is 1. The maximum absolute atomic E-state index is 12.4. The van der Waals surface area contributed by atoms with Crippen molar-refractivity contribution in [1.29, 1.82) is 0 Å². The van der Waals surface area contributed by atoms with Gasteiger partial charge in [0.05, 0.1) is 0 Å². The lowest BCUT2D eigenvalue weighted by molar-refractivity contribution is 0.195. The Morgan fingerprint density at radius 2 is 1.92 bits per heavy atom. The van der Waals surface area contributed by atoms with Gasteiger partial charge in [-0.1, -0.05) is 35.6 Å². The topological polar surface area (TPSA) is 82.2 Å². The SMILES string of the molecule is Cc1[nH]c(C)c(-c2ccc(C#CCCNC(=O)O)cc2)c(=O)c1Cl. The zero-order valence-corrected chi connectivity index (χ0v) is 14.1. The number of amides is 1. The molecule has 0 bridgehead atoms. The Morgan fingerprint density at radius 3 is 2.54 bits per heavy atom. The van der Waals surface area contributed by atoms with E-state index < -0.39 is 6.09 Å². The van der Waals surface area contributed by atoms with Gasteiger partial charge in [-0.25, -0.2) is 4.79 Å². The summed E-state index contributed by atoms with van der Waals surface area (Å²) < 4.78 is 0. The molecule has 1 heterocycles. The third kappa shape index (κ3) is 4.18. The van der Waals surface area contributed by atoms with Gasteiger partial charge >= 0.3 is 6.09 Å². The van der Waals surface area contributed by atoms with E-state index in [2.05, 4.69) is 22.1 Å². The lowest BCUT2D eigenvalue weighted by atomic mass is 10.0. The normalized spacial score (nSPS) is 9.96. The van der Waals surface area contributed by atoms with Gasteiger partial charge in [-0.2, -0.15) is 0 Å². The summed E-state index contributed by atoms with van der Waals surface area (Å²) in [4.78, 5) is 25.8. The second kappa shape index (κ2) is 7.71. The van der Waals surface area contributed by atoms with Crippen molar-refractivity contribution < 1.29 is 9.90 Å². The van der Waals surface area contributed by atoms with E-state index in [1.807, 2.05) is 31.2 Å². The first-order valence-electron chi connectivity index (χ1n) is 7.35. The summed E-state index contributed by atoms with van der Waals surface area (Å²) >= 11 is 6.04. The summed E-state index contributed by atoms with van der Waals surface area (Å²) in [7, 11) is 0. The number of H-pyrrole nitrogens is 1. The van der Waals surface area contributed by atoms with Gasteiger partial charge in [0.2, 0.25) is 5.43 Å². The van der Waals surface area contributed by atoms with Crippen LogP contribution in [0.5, 0.6) is 0 Å². The van der Waals surface area contributed by atoms with Gasteiger partial charge in [-0.15, -0.1) is 0 Å². The maximum Gasteiger partial charge on any atom is 0.404 e. The van der Waals surface area contributed by atoms with Crippen LogP contribution in [0.2, 0.25) is 5.02 Å². The largest absolute Gasteiger partial charge is 0.465 e. The molecule has 0 saturated heterocycles. The van der Waals surface area contributed by atoms with E-state index in [0.717, 1.165) is 16.8 Å². The molecule has 0 spiro atoms. The van der Waals surface area contributed by atoms with Crippen molar-refractivity contribution in [1.82, 2.24) is 10.3 Å². The van der Waals surface area contributed by atoms with Gasteiger partial charge in [-0.3, -0.25) is 4.79 Å². The highest BCUT2D eigenvalue weighted by molar-refractivity contribution is 6.31. The Hall–Kier alpha value is -2.71. The zero-order valence-electron chi connectivity index (χ0n) is 13.4. The molecule has 2 aromatic rings. The van der Waals surface area contributed by atoms with Crippen molar-refractivity contribution in [3.63, 3.8) is 0 Å². The van der Waals surface area contributed by atoms with E-state index >= 15 is 0 Å². The number of carboxylic acid groups (broad SMARTS) is 1. The van der Waals surface area contributed by atoms with Crippen molar-refractivity contribution in [2.45, 2.75) is 20.3 Å². The molecule has 0 saturated carbocycles. The minimum atomic E-state index is -1.06. The molecule has 24 heavy (non-hydrogen) atoms. The van der Waals surface area contributed by atoms with Gasteiger partial charge in [0.15, 0.2) is 0 Å². The van der Waals surface area contributed by atoms with Gasteiger partial charge < -0.3 is 15.4 Å². The van der Waals surface area contributed by atoms with Crippen molar-refractivity contribution in [3.8, 4) is 23.0 Å². The maximum atomic E-state index is 12.4. The Bertz CT molecular complexity index is 874. The molecule has 3 N–H and O–H groups in total. The molecule has 0 aliphatic rings. The molecular formula is C18H17ClN2O3. The van der Waals surface area contributed by atoms with E-state index in [-0.39, 0.29) is 17.0 Å². The van der Waals surface area contributed by atoms with E-state index in [9.17, 15) is 9.59 Å². The molecule has 0 unspecified atom stereocenters. The van der Waals surface area contributed by atoms with Crippen molar-refractivity contribution in [2.75, 3.05) is 6.54 Å². The summed E-state index contributed by atoms with van der Waals surface area (Å²) in [6.07, 6.45) is -0.626. The quantitative estimate of drug-likeness (QED) is 0.590. The van der Waals surface area contributed by atoms with Gasteiger partial charge in [-0.05, 0) is 31.5 Å². The van der Waals surface area contributed by atoms with Gasteiger partial charge in [0, 0.05) is 35.5 Å². The molecule has 6 heteroatoms. The molecule has 0 fully saturated rings. The molecule has 0 aliphatic heterocycles. The number of pyridine rings is 1. The lowest BCUT2D eigenvalue weighted by Gasteiger charge is -2.08. The standard InChI is InChI=1S/C18H17ClN2O3/c1-11-15(17(22)16(19)12(2)21-11)14-8-6-13(7-9-14)5-3-4-10-20-18(23)24/h6-9,20H,4,10H2,1-2H3,(H,21,22)(H,23,24). The number of hydrogen-bond donors (Lipinski definition) is 3. The first-order chi connectivity index (χ1) is 11.4. The molecule has 0 aliphatic carbocycles. The second-order valence-corrected chi connectivity index (χ2v) is 5.63. The van der Waals surface area contributed by atoms with Crippen LogP contribution in [0.4, 0.5) is 4.79 Å². The van der Waals surface area contributed by atoms with Crippen LogP contribution in [0.1, 0.15) is 23.4 Å². The Labute approximate surface area is 144 Å². The molecule has 0 radical (unpaired) electrons. The van der Waals surface area contributed by atoms with E-state index in [4.69, 9.17) is 16.7 Å². The third-order valence-corrected chi connectivity index (χ3v) is 3.89. The summed E-state index contributed by atoms with van der Waals surface area (Å²) in [5.41, 5.74) is 3.34. The van der Waals surface area contributed by atoms with Crippen molar-refractivity contribution in [2.24, 2.45) is 0 Å². The molecule has 1 aromatic heterocycles. The first kappa shape index (κ1) is 17.6. The highest BCUT2D eigenvalue weighted by Crippen LogP contribution is 2.22. The molecule has 1 amide bonds. The average molecular weight is 345 g/mol. The summed E-state index contributed by atoms with van der Waals surface area (Å²) in [6, 6.07) is 7.28. The van der Waals surface area contributed by atoms with Crippen LogP contribution in [0.25, 0.3) is 11.1 Å². The Morgan fingerprint density at radius 1 is 1.25 bits per heavy atom. The number of rotatable bonds is 3. The molecule has 2 rings (SSSR count). The fraction of sp³-hybridized carbons (Fsp3) is 0.222. The minimum absolute atomic E-state index is 0.191. The molecule has 5 nitrogen and oxygen atoms in total. The summed E-state index contributed by atoms with van der Waals surface area (Å²) in [5, 5.41) is 10.9. The Balaban J connectivity index is 2.19. The smallest absolute Gasteiger partial charge is 0.404 e. The second-order valence-electron chi connectivity index (χ2n) is 5.25. The predicted molar refractivity (Wildman–Crippen MR) is 94.5 cm³/mol. The van der Waals surface area contributed by atoms with Crippen LogP contribution in [0.15, 0.2) is 29.1 Å². The van der Waals surface area contributed by atoms with Crippen molar-refractivity contribution >= 4 is 17.7 Å². The van der Waals surface area contributed by atoms with Crippen LogP contribution in [-0.2, 0) is 0 Å². The number of aryl methyl sites for hydroxylation is 2. The monoisotopic (exact) mass is 344 g/mol. The average Bonchev–Trinajstić information content (AvgIpc) is 2.53. The lowest BCUT2D eigenvalue weighted by Crippen LogP contribution is -2.21. The number of halogens is 1. The van der Waals surface area contributed by atoms with Crippen LogP contribution in [-0.4, -0.2) is 22.7 Å². The van der Waals surface area contributed by atoms with Crippen LogP contribution in [0.3, 0.4) is 0 Å². The summed E-state index contributed by atoms with van der Waals surface area (Å²) in [6.45, 7) is 3.89. The minimum Gasteiger partial charge on any atom is -0.465 e. The zero-order chi connectivity index (χ0) is 17.7. The first-order valence-corrected chi connectivity index (χ1v) is 7.73. The van der Waals surface area contributed by atoms with Crippen LogP contribution < -0.4 is 10.7 Å². The number of hydrogen-bond acceptors (Lipinski definition) is 2.